The van der Waals surface area contributed by atoms with Crippen molar-refractivity contribution in [1.29, 1.82) is 0 Å². The van der Waals surface area contributed by atoms with Gasteiger partial charge >= 0.3 is 36.2 Å². The van der Waals surface area contributed by atoms with E-state index in [0.29, 0.717) is 0 Å². The van der Waals surface area contributed by atoms with Crippen molar-refractivity contribution >= 4 is 17.4 Å². The van der Waals surface area contributed by atoms with Gasteiger partial charge in [0, 0.05) is 13.1 Å². The third kappa shape index (κ3) is 5.19. The van der Waals surface area contributed by atoms with Crippen LogP contribution in [0, 0.1) is 0 Å². The van der Waals surface area contributed by atoms with Gasteiger partial charge in [0.15, 0.2) is 0 Å². The van der Waals surface area contributed by atoms with Crippen LogP contribution in [0.5, 0.6) is 0 Å². The summed E-state index contributed by atoms with van der Waals surface area (Å²) in [4.78, 5) is 0. The van der Waals surface area contributed by atoms with Gasteiger partial charge in [-0.05, 0) is 0 Å². The van der Waals surface area contributed by atoms with Gasteiger partial charge in [-0.1, -0.05) is 0 Å². The van der Waals surface area contributed by atoms with E-state index in [4.69, 9.17) is 4.74 Å². The van der Waals surface area contributed by atoms with Crippen LogP contribution in [0.3, 0.4) is 0 Å². The number of hydrogen-bond donors (Lipinski definition) is 1. The molecule has 8 heavy (non-hydrogen) atoms. The molecule has 2 nitrogen and oxygen atoms in total. The van der Waals surface area contributed by atoms with Gasteiger partial charge < -0.3 is 15.8 Å². The molecule has 0 atom stereocenters. The van der Waals surface area contributed by atoms with Crippen molar-refractivity contribution in [3.05, 3.63) is 0 Å². The molecule has 0 aliphatic carbocycles. The first-order valence-corrected chi connectivity index (χ1v) is 2.28. The van der Waals surface area contributed by atoms with Gasteiger partial charge in [-0.3, -0.25) is 0 Å². The van der Waals surface area contributed by atoms with E-state index in [1.807, 2.05) is 0 Å². The first-order chi connectivity index (χ1) is 3.00. The first kappa shape index (κ1) is 11.8. The zero-order valence-electron chi connectivity index (χ0n) is 9.31. The SMILES string of the molecule is C1COCCN1.[Al+3].[H-].[H-].[H-].[H-].[Li+]. The summed E-state index contributed by atoms with van der Waals surface area (Å²) in [6, 6.07) is 0. The first-order valence-electron chi connectivity index (χ1n) is 2.28. The molecule has 1 heterocycles. The second-order valence-electron chi connectivity index (χ2n) is 1.36. The standard InChI is InChI=1S/C4H9NO.Al.Li.4H/c1-3-6-4-2-5-1;;;;;;/h5H,1-4H2;;;;;;/q;+3;+1;4*-1. The van der Waals surface area contributed by atoms with Gasteiger partial charge in [0.1, 0.15) is 0 Å². The largest absolute Gasteiger partial charge is 3.00 e. The van der Waals surface area contributed by atoms with E-state index in [9.17, 15) is 0 Å². The van der Waals surface area contributed by atoms with Crippen molar-refractivity contribution in [3.8, 4) is 0 Å². The summed E-state index contributed by atoms with van der Waals surface area (Å²) in [6.45, 7) is 3.83. The maximum Gasteiger partial charge on any atom is 3.00 e. The molecule has 4 heteroatoms. The molecular formula is C4H13AlLiNO. The van der Waals surface area contributed by atoms with Gasteiger partial charge in [0.25, 0.3) is 0 Å². The number of morpholine rings is 1. The minimum absolute atomic E-state index is 0. The molecule has 0 bridgehead atoms. The zero-order chi connectivity index (χ0) is 4.24. The molecular weight excluding hydrogens is 112 g/mol. The van der Waals surface area contributed by atoms with Crippen LogP contribution in [0.2, 0.25) is 0 Å². The molecule has 1 saturated heterocycles. The summed E-state index contributed by atoms with van der Waals surface area (Å²) in [5, 5.41) is 3.16. The van der Waals surface area contributed by atoms with Crippen LogP contribution >= 0.6 is 0 Å². The summed E-state index contributed by atoms with van der Waals surface area (Å²) in [5.41, 5.74) is 0. The number of hydrogen-bond acceptors (Lipinski definition) is 2. The van der Waals surface area contributed by atoms with Crippen LogP contribution in [-0.4, -0.2) is 43.7 Å². The predicted molar refractivity (Wildman–Crippen MR) is 33.9 cm³/mol. The minimum Gasteiger partial charge on any atom is -1.00 e. The Balaban J connectivity index is -0.0000000150. The molecule has 0 aromatic carbocycles. The van der Waals surface area contributed by atoms with Crippen molar-refractivity contribution in [1.82, 2.24) is 5.32 Å². The Hall–Kier alpha value is 1.05. The van der Waals surface area contributed by atoms with Crippen LogP contribution in [0.25, 0.3) is 0 Å². The second kappa shape index (κ2) is 8.05. The maximum absolute atomic E-state index is 5.01. The van der Waals surface area contributed by atoms with Crippen molar-refractivity contribution < 1.29 is 29.3 Å². The fourth-order valence-corrected chi connectivity index (χ4v) is 0.516. The van der Waals surface area contributed by atoms with E-state index in [1.54, 1.807) is 0 Å². The van der Waals surface area contributed by atoms with Gasteiger partial charge in [-0.15, -0.1) is 0 Å². The van der Waals surface area contributed by atoms with Crippen molar-refractivity contribution in [3.63, 3.8) is 0 Å². The topological polar surface area (TPSA) is 21.3 Å². The van der Waals surface area contributed by atoms with Crippen LogP contribution in [0.15, 0.2) is 0 Å². The second-order valence-corrected chi connectivity index (χ2v) is 1.36. The Morgan fingerprint density at radius 1 is 1.25 bits per heavy atom. The van der Waals surface area contributed by atoms with Crippen molar-refractivity contribution in [2.45, 2.75) is 0 Å². The van der Waals surface area contributed by atoms with Crippen LogP contribution < -0.4 is 24.2 Å². The fraction of sp³-hybridized carbons (Fsp3) is 1.00. The normalized spacial score (nSPS) is 18.0. The van der Waals surface area contributed by atoms with Crippen molar-refractivity contribution in [2.24, 2.45) is 0 Å². The van der Waals surface area contributed by atoms with Crippen LogP contribution in [-0.2, 0) is 4.74 Å². The van der Waals surface area contributed by atoms with E-state index >= 15 is 0 Å². The molecule has 0 aromatic heterocycles. The fourth-order valence-electron chi connectivity index (χ4n) is 0.516. The Bertz CT molecular complexity index is 42.5. The van der Waals surface area contributed by atoms with Gasteiger partial charge in [-0.2, -0.15) is 0 Å². The molecule has 1 fully saturated rings. The number of rotatable bonds is 0. The summed E-state index contributed by atoms with van der Waals surface area (Å²) >= 11 is 0. The molecule has 0 aromatic rings. The molecule has 0 unspecified atom stereocenters. The summed E-state index contributed by atoms with van der Waals surface area (Å²) in [6.07, 6.45) is 0. The molecule has 44 valence electrons. The molecule has 0 amide bonds. The van der Waals surface area contributed by atoms with Crippen LogP contribution in [0.1, 0.15) is 5.71 Å². The summed E-state index contributed by atoms with van der Waals surface area (Å²) < 4.78 is 5.01. The monoisotopic (exact) mass is 125 g/mol. The van der Waals surface area contributed by atoms with E-state index in [2.05, 4.69) is 5.32 Å². The molecule has 0 radical (unpaired) electrons. The average Bonchev–Trinajstić information content (AvgIpc) is 1.72. The van der Waals surface area contributed by atoms with E-state index in [0.717, 1.165) is 26.3 Å². The zero-order valence-corrected chi connectivity index (χ0v) is 6.47. The molecule has 0 spiro atoms. The molecule has 1 N–H and O–H groups in total. The van der Waals surface area contributed by atoms with Gasteiger partial charge in [0.05, 0.1) is 13.2 Å². The summed E-state index contributed by atoms with van der Waals surface area (Å²) in [7, 11) is 0. The molecule has 0 saturated carbocycles. The third-order valence-corrected chi connectivity index (χ3v) is 0.846. The Labute approximate surface area is 78.6 Å². The van der Waals surface area contributed by atoms with E-state index in [-0.39, 0.29) is 41.9 Å². The predicted octanol–water partition coefficient (Wildman–Crippen LogP) is -3.32. The number of ether oxygens (including phenoxy) is 1. The smallest absolute Gasteiger partial charge is 1.00 e. The van der Waals surface area contributed by atoms with E-state index < -0.39 is 0 Å². The molecule has 1 aliphatic heterocycles. The maximum atomic E-state index is 5.01. The Morgan fingerprint density at radius 2 is 1.75 bits per heavy atom. The van der Waals surface area contributed by atoms with Gasteiger partial charge in [0.2, 0.25) is 0 Å². The third-order valence-electron chi connectivity index (χ3n) is 0.846. The molecule has 1 rings (SSSR count). The molecule has 1 aliphatic rings. The summed E-state index contributed by atoms with van der Waals surface area (Å²) in [5.74, 6) is 0. The Kier molecular flexibility index (Phi) is 11.9. The Morgan fingerprint density at radius 3 is 1.88 bits per heavy atom. The van der Waals surface area contributed by atoms with Crippen LogP contribution in [0.4, 0.5) is 0 Å². The minimum atomic E-state index is 0. The quantitative estimate of drug-likeness (QED) is 0.342. The average molecular weight is 125 g/mol. The number of nitrogens with one attached hydrogen (secondary N) is 1. The van der Waals surface area contributed by atoms with E-state index in [1.165, 1.54) is 0 Å². The van der Waals surface area contributed by atoms with Crippen molar-refractivity contribution in [2.75, 3.05) is 26.3 Å². The van der Waals surface area contributed by atoms with Gasteiger partial charge in [-0.25, -0.2) is 0 Å².